The summed E-state index contributed by atoms with van der Waals surface area (Å²) < 4.78 is 1.91. The van der Waals surface area contributed by atoms with E-state index in [0.717, 1.165) is 22.6 Å². The minimum atomic E-state index is -0.745. The molecule has 0 spiro atoms. The molecule has 0 bridgehead atoms. The van der Waals surface area contributed by atoms with Crippen molar-refractivity contribution in [3.8, 4) is 5.69 Å². The molecule has 1 aliphatic rings. The molecule has 6 nitrogen and oxygen atoms in total. The van der Waals surface area contributed by atoms with Crippen LogP contribution in [0.3, 0.4) is 0 Å². The molecule has 1 unspecified atom stereocenters. The summed E-state index contributed by atoms with van der Waals surface area (Å²) in [6.07, 6.45) is 2.46. The molecular weight excluding hydrogens is 342 g/mol. The lowest BCUT2D eigenvalue weighted by atomic mass is 9.81. The topological polar surface area (TPSA) is 84.2 Å². The first kappa shape index (κ1) is 19.1. The van der Waals surface area contributed by atoms with Gasteiger partial charge in [0.1, 0.15) is 0 Å². The zero-order valence-corrected chi connectivity index (χ0v) is 16.1. The molecule has 1 aromatic carbocycles. The molecule has 1 aliphatic carbocycles. The van der Waals surface area contributed by atoms with E-state index in [1.54, 1.807) is 0 Å². The predicted molar refractivity (Wildman–Crippen MR) is 103 cm³/mol. The van der Waals surface area contributed by atoms with Gasteiger partial charge in [-0.15, -0.1) is 0 Å². The maximum absolute atomic E-state index is 12.5. The number of hydrogen-bond donors (Lipinski definition) is 2. The largest absolute Gasteiger partial charge is 0.481 e. The summed E-state index contributed by atoms with van der Waals surface area (Å²) in [5.74, 6) is -1.11. The third kappa shape index (κ3) is 4.38. The summed E-state index contributed by atoms with van der Waals surface area (Å²) in [4.78, 5) is 23.6. The van der Waals surface area contributed by atoms with Gasteiger partial charge in [0.15, 0.2) is 0 Å². The van der Waals surface area contributed by atoms with Crippen LogP contribution in [0.25, 0.3) is 5.69 Å². The Morgan fingerprint density at radius 3 is 2.22 bits per heavy atom. The van der Waals surface area contributed by atoms with E-state index in [9.17, 15) is 9.59 Å². The number of aromatic nitrogens is 2. The van der Waals surface area contributed by atoms with Gasteiger partial charge in [-0.2, -0.15) is 5.10 Å². The Labute approximate surface area is 159 Å². The molecule has 27 heavy (non-hydrogen) atoms. The van der Waals surface area contributed by atoms with Crippen LogP contribution in [0.1, 0.15) is 55.6 Å². The molecule has 1 saturated carbocycles. The third-order valence-electron chi connectivity index (χ3n) is 5.45. The van der Waals surface area contributed by atoms with Gasteiger partial charge in [-0.1, -0.05) is 12.1 Å². The van der Waals surface area contributed by atoms with Gasteiger partial charge in [0.05, 0.1) is 23.3 Å². The number of carbonyl (C=O) groups excluding carboxylic acids is 1. The van der Waals surface area contributed by atoms with Crippen LogP contribution in [-0.4, -0.2) is 26.8 Å². The van der Waals surface area contributed by atoms with E-state index in [1.807, 2.05) is 55.8 Å². The quantitative estimate of drug-likeness (QED) is 0.844. The third-order valence-corrected chi connectivity index (χ3v) is 5.45. The van der Waals surface area contributed by atoms with Crippen LogP contribution < -0.4 is 5.32 Å². The molecule has 3 rings (SSSR count). The van der Waals surface area contributed by atoms with Gasteiger partial charge in [0, 0.05) is 11.6 Å². The van der Waals surface area contributed by atoms with E-state index in [0.29, 0.717) is 25.7 Å². The van der Waals surface area contributed by atoms with Gasteiger partial charge in [-0.25, -0.2) is 4.68 Å². The maximum Gasteiger partial charge on any atom is 0.306 e. The molecule has 6 heteroatoms. The Morgan fingerprint density at radius 2 is 1.70 bits per heavy atom. The Kier molecular flexibility index (Phi) is 5.63. The Hall–Kier alpha value is -2.63. The normalized spacial score (nSPS) is 20.9. The van der Waals surface area contributed by atoms with Crippen LogP contribution in [0, 0.1) is 25.7 Å². The van der Waals surface area contributed by atoms with Crippen molar-refractivity contribution in [3.63, 3.8) is 0 Å². The number of amides is 1. The second kappa shape index (κ2) is 7.94. The summed E-state index contributed by atoms with van der Waals surface area (Å²) >= 11 is 0. The van der Waals surface area contributed by atoms with Crippen molar-refractivity contribution in [1.29, 1.82) is 0 Å². The van der Waals surface area contributed by atoms with Crippen molar-refractivity contribution in [2.24, 2.45) is 11.8 Å². The molecule has 1 fully saturated rings. The lowest BCUT2D eigenvalue weighted by Crippen LogP contribution is -2.35. The molecule has 2 N–H and O–H groups in total. The van der Waals surface area contributed by atoms with Crippen LogP contribution >= 0.6 is 0 Å². The lowest BCUT2D eigenvalue weighted by molar-refractivity contribution is -0.144. The Balaban J connectivity index is 1.59. The molecule has 144 valence electrons. The van der Waals surface area contributed by atoms with Crippen LogP contribution in [0.2, 0.25) is 0 Å². The number of hydrogen-bond acceptors (Lipinski definition) is 3. The Bertz CT molecular complexity index is 818. The number of nitrogens with zero attached hydrogens (tertiary/aromatic N) is 2. The van der Waals surface area contributed by atoms with Gasteiger partial charge >= 0.3 is 5.97 Å². The number of carboxylic acids is 1. The molecule has 1 aromatic heterocycles. The number of nitrogens with one attached hydrogen (secondary N) is 1. The van der Waals surface area contributed by atoms with Crippen LogP contribution in [-0.2, 0) is 9.59 Å². The second-order valence-corrected chi connectivity index (χ2v) is 7.55. The van der Waals surface area contributed by atoms with Gasteiger partial charge in [0.25, 0.3) is 0 Å². The van der Waals surface area contributed by atoms with E-state index >= 15 is 0 Å². The minimum Gasteiger partial charge on any atom is -0.481 e. The van der Waals surface area contributed by atoms with E-state index < -0.39 is 5.97 Å². The molecule has 0 radical (unpaired) electrons. The lowest BCUT2D eigenvalue weighted by Gasteiger charge is -2.26. The van der Waals surface area contributed by atoms with Crippen LogP contribution in [0.4, 0.5) is 0 Å². The highest BCUT2D eigenvalue weighted by molar-refractivity contribution is 5.79. The monoisotopic (exact) mass is 369 g/mol. The summed E-state index contributed by atoms with van der Waals surface area (Å²) in [6, 6.07) is 9.99. The molecule has 2 aromatic rings. The average Bonchev–Trinajstić information content (AvgIpc) is 3.00. The van der Waals surface area contributed by atoms with E-state index in [4.69, 9.17) is 5.11 Å². The van der Waals surface area contributed by atoms with Crippen LogP contribution in [0.15, 0.2) is 30.3 Å². The minimum absolute atomic E-state index is 0.0222. The highest BCUT2D eigenvalue weighted by Gasteiger charge is 2.30. The second-order valence-electron chi connectivity index (χ2n) is 7.55. The summed E-state index contributed by atoms with van der Waals surface area (Å²) in [5.41, 5.74) is 4.09. The zero-order valence-electron chi connectivity index (χ0n) is 16.1. The fourth-order valence-corrected chi connectivity index (χ4v) is 3.81. The zero-order chi connectivity index (χ0) is 19.6. The molecular formula is C21H27N3O3. The SMILES string of the molecule is Cc1cc(C)n(-c2ccc(C(C)NC(=O)C3CCC(C(=O)O)CC3)cc2)n1. The number of carboxylic acid groups (broad SMARTS) is 1. The van der Waals surface area contributed by atoms with E-state index in [-0.39, 0.29) is 23.8 Å². The van der Waals surface area contributed by atoms with Crippen LogP contribution in [0.5, 0.6) is 0 Å². The summed E-state index contributed by atoms with van der Waals surface area (Å²) in [6.45, 7) is 5.97. The van der Waals surface area contributed by atoms with Gasteiger partial charge in [0.2, 0.25) is 5.91 Å². The smallest absolute Gasteiger partial charge is 0.306 e. The van der Waals surface area contributed by atoms with Crippen molar-refractivity contribution < 1.29 is 14.7 Å². The van der Waals surface area contributed by atoms with Crippen molar-refractivity contribution >= 4 is 11.9 Å². The standard InChI is InChI=1S/C21H27N3O3/c1-13-12-14(2)24(23-13)19-10-8-16(9-11-19)15(3)22-20(25)17-4-6-18(7-5-17)21(26)27/h8-12,15,17-18H,4-7H2,1-3H3,(H,22,25)(H,26,27). The van der Waals surface area contributed by atoms with Crippen molar-refractivity contribution in [3.05, 3.63) is 47.3 Å². The highest BCUT2D eigenvalue weighted by Crippen LogP contribution is 2.29. The van der Waals surface area contributed by atoms with Gasteiger partial charge < -0.3 is 10.4 Å². The van der Waals surface area contributed by atoms with E-state index in [1.165, 1.54) is 0 Å². The van der Waals surface area contributed by atoms with Crippen molar-refractivity contribution in [1.82, 2.24) is 15.1 Å². The number of aliphatic carboxylic acids is 1. The molecule has 1 atom stereocenters. The average molecular weight is 369 g/mol. The van der Waals surface area contributed by atoms with E-state index in [2.05, 4.69) is 10.4 Å². The first-order chi connectivity index (χ1) is 12.8. The molecule has 1 amide bonds. The summed E-state index contributed by atoms with van der Waals surface area (Å²) in [7, 11) is 0. The fraction of sp³-hybridized carbons (Fsp3) is 0.476. The molecule has 1 heterocycles. The first-order valence-electron chi connectivity index (χ1n) is 9.52. The van der Waals surface area contributed by atoms with Crippen molar-refractivity contribution in [2.45, 2.75) is 52.5 Å². The maximum atomic E-state index is 12.5. The first-order valence-corrected chi connectivity index (χ1v) is 9.52. The van der Waals surface area contributed by atoms with Gasteiger partial charge in [-0.3, -0.25) is 9.59 Å². The molecule has 0 aliphatic heterocycles. The number of benzene rings is 1. The van der Waals surface area contributed by atoms with Gasteiger partial charge in [-0.05, 0) is 70.2 Å². The number of rotatable bonds is 5. The fourth-order valence-electron chi connectivity index (χ4n) is 3.81. The number of carbonyl (C=O) groups is 2. The number of aryl methyl sites for hydroxylation is 2. The van der Waals surface area contributed by atoms with Crippen molar-refractivity contribution in [2.75, 3.05) is 0 Å². The predicted octanol–water partition coefficient (Wildman–Crippen LogP) is 3.56. The molecule has 0 saturated heterocycles. The Morgan fingerprint density at radius 1 is 1.11 bits per heavy atom. The highest BCUT2D eigenvalue weighted by atomic mass is 16.4. The summed E-state index contributed by atoms with van der Waals surface area (Å²) in [5, 5.41) is 16.6.